The van der Waals surface area contributed by atoms with Crippen molar-refractivity contribution in [3.63, 3.8) is 0 Å². The number of likely N-dealkylation sites (N-methyl/N-ethyl adjacent to an activating group) is 1. The van der Waals surface area contributed by atoms with Gasteiger partial charge in [0.25, 0.3) is 0 Å². The minimum Gasteiger partial charge on any atom is -0.368 e. The van der Waals surface area contributed by atoms with Gasteiger partial charge in [-0.2, -0.15) is 0 Å². The summed E-state index contributed by atoms with van der Waals surface area (Å²) >= 11 is 0. The lowest BCUT2D eigenvalue weighted by Crippen LogP contribution is -2.49. The molecule has 1 atom stereocenters. The van der Waals surface area contributed by atoms with E-state index in [9.17, 15) is 4.79 Å². The summed E-state index contributed by atoms with van der Waals surface area (Å²) in [6.45, 7) is 9.69. The number of hydrogen-bond acceptors (Lipinski definition) is 4. The molecule has 110 valence electrons. The molecule has 0 radical (unpaired) electrons. The van der Waals surface area contributed by atoms with Gasteiger partial charge in [0.05, 0.1) is 6.04 Å². The summed E-state index contributed by atoms with van der Waals surface area (Å²) in [5.41, 5.74) is 5.39. The molecule has 2 fully saturated rings. The smallest absolute Gasteiger partial charge is 0.234 e. The van der Waals surface area contributed by atoms with Crippen molar-refractivity contribution in [2.24, 2.45) is 11.7 Å². The van der Waals surface area contributed by atoms with Crippen LogP contribution >= 0.6 is 0 Å². The Morgan fingerprint density at radius 2 is 1.89 bits per heavy atom. The molecule has 1 aliphatic heterocycles. The number of primary amides is 1. The minimum absolute atomic E-state index is 0.172. The molecule has 1 amide bonds. The lowest BCUT2D eigenvalue weighted by molar-refractivity contribution is -0.120. The van der Waals surface area contributed by atoms with Crippen molar-refractivity contribution >= 4 is 5.91 Å². The molecular weight excluding hydrogens is 240 g/mol. The second-order valence-corrected chi connectivity index (χ2v) is 5.89. The quantitative estimate of drug-likeness (QED) is 0.644. The zero-order chi connectivity index (χ0) is 13.7. The molecule has 1 heterocycles. The van der Waals surface area contributed by atoms with E-state index in [4.69, 9.17) is 5.73 Å². The van der Waals surface area contributed by atoms with Gasteiger partial charge in [-0.1, -0.05) is 6.92 Å². The number of nitrogens with two attached hydrogens (primary N) is 1. The number of carbonyl (C=O) groups is 1. The molecule has 5 heteroatoms. The molecule has 1 saturated heterocycles. The summed E-state index contributed by atoms with van der Waals surface area (Å²) in [4.78, 5) is 16.3. The molecule has 3 N–H and O–H groups in total. The first kappa shape index (κ1) is 14.8. The summed E-state index contributed by atoms with van der Waals surface area (Å²) < 4.78 is 0. The largest absolute Gasteiger partial charge is 0.368 e. The van der Waals surface area contributed by atoms with E-state index in [2.05, 4.69) is 15.1 Å². The third-order valence-electron chi connectivity index (χ3n) is 4.21. The van der Waals surface area contributed by atoms with Crippen LogP contribution < -0.4 is 11.1 Å². The molecule has 2 rings (SSSR count). The first-order chi connectivity index (χ1) is 9.19. The van der Waals surface area contributed by atoms with Crippen LogP contribution in [0.5, 0.6) is 0 Å². The highest BCUT2D eigenvalue weighted by atomic mass is 16.1. The fraction of sp³-hybridized carbons (Fsp3) is 0.929. The first-order valence-corrected chi connectivity index (χ1v) is 7.66. The fourth-order valence-electron chi connectivity index (χ4n) is 2.76. The Balaban J connectivity index is 1.62. The molecule has 0 aromatic heterocycles. The molecular formula is C14H28N4O. The maximum absolute atomic E-state index is 11.3. The third-order valence-corrected chi connectivity index (χ3v) is 4.21. The Morgan fingerprint density at radius 3 is 2.42 bits per heavy atom. The van der Waals surface area contributed by atoms with Crippen molar-refractivity contribution in [2.75, 3.05) is 45.8 Å². The number of amides is 1. The maximum atomic E-state index is 11.3. The molecule has 2 aliphatic rings. The van der Waals surface area contributed by atoms with Gasteiger partial charge in [0, 0.05) is 39.3 Å². The van der Waals surface area contributed by atoms with Gasteiger partial charge < -0.3 is 20.9 Å². The van der Waals surface area contributed by atoms with E-state index in [1.807, 2.05) is 6.92 Å². The average molecular weight is 268 g/mol. The highest BCUT2D eigenvalue weighted by molar-refractivity contribution is 5.79. The topological polar surface area (TPSA) is 61.6 Å². The lowest BCUT2D eigenvalue weighted by atomic mass is 10.1. The lowest BCUT2D eigenvalue weighted by Gasteiger charge is -2.35. The first-order valence-electron chi connectivity index (χ1n) is 7.66. The number of nitrogens with zero attached hydrogens (tertiary/aromatic N) is 2. The van der Waals surface area contributed by atoms with E-state index in [0.717, 1.165) is 38.5 Å². The van der Waals surface area contributed by atoms with Crippen LogP contribution in [0.15, 0.2) is 0 Å². The standard InChI is InChI=1S/C14H28N4O/c1-2-16-13(14(15)19)5-6-17-7-9-18(10-8-17)11-12-3-4-12/h12-13,16H,2-11H2,1H3,(H2,15,19). The Hall–Kier alpha value is -0.650. The van der Waals surface area contributed by atoms with E-state index in [0.29, 0.717) is 0 Å². The molecule has 1 saturated carbocycles. The summed E-state index contributed by atoms with van der Waals surface area (Å²) in [6, 6.07) is -0.172. The molecule has 0 spiro atoms. The number of piperazine rings is 1. The van der Waals surface area contributed by atoms with Crippen molar-refractivity contribution in [1.82, 2.24) is 15.1 Å². The Labute approximate surface area is 116 Å². The van der Waals surface area contributed by atoms with Crippen LogP contribution in [-0.2, 0) is 4.79 Å². The van der Waals surface area contributed by atoms with Gasteiger partial charge in [-0.3, -0.25) is 4.79 Å². The third kappa shape index (κ3) is 5.09. The molecule has 0 aromatic carbocycles. The van der Waals surface area contributed by atoms with Gasteiger partial charge in [-0.25, -0.2) is 0 Å². The minimum atomic E-state index is -0.228. The van der Waals surface area contributed by atoms with Gasteiger partial charge in [-0.15, -0.1) is 0 Å². The average Bonchev–Trinajstić information content (AvgIpc) is 3.20. The molecule has 1 unspecified atom stereocenters. The van der Waals surface area contributed by atoms with Crippen LogP contribution in [0.2, 0.25) is 0 Å². The maximum Gasteiger partial charge on any atom is 0.234 e. The number of hydrogen-bond donors (Lipinski definition) is 2. The monoisotopic (exact) mass is 268 g/mol. The zero-order valence-corrected chi connectivity index (χ0v) is 12.1. The molecule has 0 aromatic rings. The van der Waals surface area contributed by atoms with Gasteiger partial charge in [0.2, 0.25) is 5.91 Å². The summed E-state index contributed by atoms with van der Waals surface area (Å²) in [7, 11) is 0. The zero-order valence-electron chi connectivity index (χ0n) is 12.1. The Kier molecular flexibility index (Phi) is 5.60. The predicted octanol–water partition coefficient (Wildman–Crippen LogP) is -0.132. The van der Waals surface area contributed by atoms with Crippen LogP contribution in [0, 0.1) is 5.92 Å². The van der Waals surface area contributed by atoms with E-state index in [-0.39, 0.29) is 11.9 Å². The van der Waals surface area contributed by atoms with Crippen molar-refractivity contribution in [3.8, 4) is 0 Å². The molecule has 1 aliphatic carbocycles. The fourth-order valence-corrected chi connectivity index (χ4v) is 2.76. The van der Waals surface area contributed by atoms with Gasteiger partial charge in [-0.05, 0) is 31.7 Å². The van der Waals surface area contributed by atoms with E-state index >= 15 is 0 Å². The highest BCUT2D eigenvalue weighted by Gasteiger charge is 2.26. The van der Waals surface area contributed by atoms with Crippen LogP contribution in [0.4, 0.5) is 0 Å². The highest BCUT2D eigenvalue weighted by Crippen LogP contribution is 2.29. The van der Waals surface area contributed by atoms with Crippen molar-refractivity contribution in [3.05, 3.63) is 0 Å². The number of rotatable bonds is 8. The predicted molar refractivity (Wildman–Crippen MR) is 76.9 cm³/mol. The summed E-state index contributed by atoms with van der Waals surface area (Å²) in [6.07, 6.45) is 3.69. The van der Waals surface area contributed by atoms with E-state index < -0.39 is 0 Å². The second kappa shape index (κ2) is 7.22. The number of nitrogens with one attached hydrogen (secondary N) is 1. The van der Waals surface area contributed by atoms with E-state index in [1.54, 1.807) is 0 Å². The Morgan fingerprint density at radius 1 is 1.26 bits per heavy atom. The van der Waals surface area contributed by atoms with Gasteiger partial charge >= 0.3 is 0 Å². The Bertz CT molecular complexity index is 285. The van der Waals surface area contributed by atoms with Crippen LogP contribution in [0.1, 0.15) is 26.2 Å². The number of carbonyl (C=O) groups excluding carboxylic acids is 1. The van der Waals surface area contributed by atoms with Crippen LogP contribution in [0.25, 0.3) is 0 Å². The summed E-state index contributed by atoms with van der Waals surface area (Å²) in [5.74, 6) is 0.758. The van der Waals surface area contributed by atoms with Gasteiger partial charge in [0.15, 0.2) is 0 Å². The van der Waals surface area contributed by atoms with Crippen LogP contribution in [-0.4, -0.2) is 67.6 Å². The normalized spacial score (nSPS) is 23.4. The summed E-state index contributed by atoms with van der Waals surface area (Å²) in [5, 5.41) is 3.15. The molecule has 5 nitrogen and oxygen atoms in total. The molecule has 0 bridgehead atoms. The van der Waals surface area contributed by atoms with Gasteiger partial charge in [0.1, 0.15) is 0 Å². The van der Waals surface area contributed by atoms with E-state index in [1.165, 1.54) is 32.5 Å². The van der Waals surface area contributed by atoms with Crippen molar-refractivity contribution in [2.45, 2.75) is 32.2 Å². The van der Waals surface area contributed by atoms with Crippen molar-refractivity contribution < 1.29 is 4.79 Å². The van der Waals surface area contributed by atoms with Crippen LogP contribution in [0.3, 0.4) is 0 Å². The molecule has 19 heavy (non-hydrogen) atoms. The second-order valence-electron chi connectivity index (χ2n) is 5.89. The SMILES string of the molecule is CCNC(CCN1CCN(CC2CC2)CC1)C(N)=O. The van der Waals surface area contributed by atoms with Crippen molar-refractivity contribution in [1.29, 1.82) is 0 Å².